The number of rotatable bonds is 9. The van der Waals surface area contributed by atoms with Gasteiger partial charge in [-0.2, -0.15) is 0 Å². The van der Waals surface area contributed by atoms with Crippen LogP contribution in [0.2, 0.25) is 0 Å². The van der Waals surface area contributed by atoms with E-state index < -0.39 is 11.9 Å². The Hall–Kier alpha value is -4.33. The number of benzene rings is 3. The van der Waals surface area contributed by atoms with Gasteiger partial charge in [0, 0.05) is 17.3 Å². The Balaban J connectivity index is 1.74. The van der Waals surface area contributed by atoms with Crippen LogP contribution >= 0.6 is 0 Å². The predicted octanol–water partition coefficient (Wildman–Crippen LogP) is 4.35. The Morgan fingerprint density at radius 3 is 2.09 bits per heavy atom. The van der Waals surface area contributed by atoms with E-state index in [2.05, 4.69) is 16.0 Å². The van der Waals surface area contributed by atoms with E-state index in [1.54, 1.807) is 87.0 Å². The SMILES string of the molecule is COc1ccc(C(=O)Nc2ccccc2C(=O)NC(C(=O)Nc2cccc(OC)c2)C(C)C)cc1. The fraction of sp³-hybridized carbons (Fsp3) is 0.222. The minimum absolute atomic E-state index is 0.189. The van der Waals surface area contributed by atoms with Crippen molar-refractivity contribution < 1.29 is 23.9 Å². The van der Waals surface area contributed by atoms with Crippen LogP contribution in [0.25, 0.3) is 0 Å². The molecular weight excluding hydrogens is 446 g/mol. The summed E-state index contributed by atoms with van der Waals surface area (Å²) in [5.41, 5.74) is 1.55. The molecule has 0 aliphatic heterocycles. The van der Waals surface area contributed by atoms with Gasteiger partial charge in [-0.3, -0.25) is 14.4 Å². The number of anilines is 2. The monoisotopic (exact) mass is 475 g/mol. The highest BCUT2D eigenvalue weighted by Crippen LogP contribution is 2.20. The molecule has 1 unspecified atom stereocenters. The second-order valence-corrected chi connectivity index (χ2v) is 8.14. The van der Waals surface area contributed by atoms with Crippen molar-refractivity contribution in [3.63, 3.8) is 0 Å². The summed E-state index contributed by atoms with van der Waals surface area (Å²) in [6.45, 7) is 3.68. The quantitative estimate of drug-likeness (QED) is 0.427. The molecule has 0 aliphatic carbocycles. The van der Waals surface area contributed by atoms with Crippen molar-refractivity contribution in [3.8, 4) is 11.5 Å². The fourth-order valence-corrected chi connectivity index (χ4v) is 3.40. The lowest BCUT2D eigenvalue weighted by Gasteiger charge is -2.22. The maximum absolute atomic E-state index is 13.2. The molecule has 3 rings (SSSR count). The summed E-state index contributed by atoms with van der Waals surface area (Å²) in [5.74, 6) is -0.158. The summed E-state index contributed by atoms with van der Waals surface area (Å²) in [5, 5.41) is 8.39. The first-order valence-corrected chi connectivity index (χ1v) is 11.1. The molecule has 3 aromatic carbocycles. The van der Waals surface area contributed by atoms with Crippen LogP contribution in [0.1, 0.15) is 34.6 Å². The lowest BCUT2D eigenvalue weighted by molar-refractivity contribution is -0.118. The fourth-order valence-electron chi connectivity index (χ4n) is 3.40. The van der Waals surface area contributed by atoms with E-state index in [4.69, 9.17) is 9.47 Å². The topological polar surface area (TPSA) is 106 Å². The summed E-state index contributed by atoms with van der Waals surface area (Å²) >= 11 is 0. The second-order valence-electron chi connectivity index (χ2n) is 8.14. The predicted molar refractivity (Wildman–Crippen MR) is 135 cm³/mol. The van der Waals surface area contributed by atoms with Gasteiger partial charge in [-0.1, -0.05) is 32.0 Å². The van der Waals surface area contributed by atoms with Crippen molar-refractivity contribution in [3.05, 3.63) is 83.9 Å². The number of nitrogens with one attached hydrogen (secondary N) is 3. The number of amides is 3. The van der Waals surface area contributed by atoms with Crippen molar-refractivity contribution in [1.29, 1.82) is 0 Å². The largest absolute Gasteiger partial charge is 0.497 e. The van der Waals surface area contributed by atoms with E-state index in [0.717, 1.165) is 0 Å². The van der Waals surface area contributed by atoms with E-state index in [9.17, 15) is 14.4 Å². The molecule has 8 heteroatoms. The molecule has 3 aromatic rings. The van der Waals surface area contributed by atoms with Gasteiger partial charge < -0.3 is 25.4 Å². The standard InChI is InChI=1S/C27H29N3O5/c1-17(2)24(27(33)28-19-8-7-9-21(16-19)35-4)30-26(32)22-10-5-6-11-23(22)29-25(31)18-12-14-20(34-3)15-13-18/h5-17,24H,1-4H3,(H,28,33)(H,29,31)(H,30,32). The molecular formula is C27H29N3O5. The zero-order chi connectivity index (χ0) is 25.4. The molecule has 0 saturated heterocycles. The lowest BCUT2D eigenvalue weighted by atomic mass is 10.0. The van der Waals surface area contributed by atoms with E-state index in [1.165, 1.54) is 0 Å². The number of carbonyl (C=O) groups excluding carboxylic acids is 3. The van der Waals surface area contributed by atoms with Crippen molar-refractivity contribution in [2.75, 3.05) is 24.9 Å². The Kier molecular flexibility index (Phi) is 8.45. The van der Waals surface area contributed by atoms with Gasteiger partial charge in [-0.15, -0.1) is 0 Å². The minimum Gasteiger partial charge on any atom is -0.497 e. The number of ether oxygens (including phenoxy) is 2. The zero-order valence-electron chi connectivity index (χ0n) is 20.1. The molecule has 8 nitrogen and oxygen atoms in total. The Morgan fingerprint density at radius 2 is 1.43 bits per heavy atom. The Morgan fingerprint density at radius 1 is 0.743 bits per heavy atom. The molecule has 3 amide bonds. The number of hydrogen-bond acceptors (Lipinski definition) is 5. The highest BCUT2D eigenvalue weighted by Gasteiger charge is 2.26. The first-order chi connectivity index (χ1) is 16.8. The first kappa shape index (κ1) is 25.3. The summed E-state index contributed by atoms with van der Waals surface area (Å²) < 4.78 is 10.3. The van der Waals surface area contributed by atoms with Crippen LogP contribution in [-0.2, 0) is 4.79 Å². The highest BCUT2D eigenvalue weighted by atomic mass is 16.5. The van der Waals surface area contributed by atoms with Crippen molar-refractivity contribution >= 4 is 29.1 Å². The lowest BCUT2D eigenvalue weighted by Crippen LogP contribution is -2.47. The molecule has 0 heterocycles. The van der Waals surface area contributed by atoms with Crippen LogP contribution in [0.4, 0.5) is 11.4 Å². The van der Waals surface area contributed by atoms with Crippen LogP contribution in [0.5, 0.6) is 11.5 Å². The van der Waals surface area contributed by atoms with Crippen molar-refractivity contribution in [2.24, 2.45) is 5.92 Å². The smallest absolute Gasteiger partial charge is 0.255 e. The average molecular weight is 476 g/mol. The van der Waals surface area contributed by atoms with Gasteiger partial charge in [0.25, 0.3) is 11.8 Å². The van der Waals surface area contributed by atoms with Gasteiger partial charge in [0.2, 0.25) is 5.91 Å². The van der Waals surface area contributed by atoms with Crippen molar-refractivity contribution in [1.82, 2.24) is 5.32 Å². The third-order valence-corrected chi connectivity index (χ3v) is 5.35. The third-order valence-electron chi connectivity index (χ3n) is 5.35. The van der Waals surface area contributed by atoms with E-state index in [0.29, 0.717) is 28.4 Å². The number of hydrogen-bond donors (Lipinski definition) is 3. The van der Waals surface area contributed by atoms with Gasteiger partial charge in [-0.25, -0.2) is 0 Å². The first-order valence-electron chi connectivity index (χ1n) is 11.1. The molecule has 182 valence electrons. The molecule has 1 atom stereocenters. The van der Waals surface area contributed by atoms with Gasteiger partial charge >= 0.3 is 0 Å². The zero-order valence-corrected chi connectivity index (χ0v) is 20.1. The molecule has 0 fully saturated rings. The average Bonchev–Trinajstić information content (AvgIpc) is 2.87. The normalized spacial score (nSPS) is 11.3. The summed E-state index contributed by atoms with van der Waals surface area (Å²) in [4.78, 5) is 38.9. The molecule has 0 aliphatic rings. The molecule has 35 heavy (non-hydrogen) atoms. The van der Waals surface area contributed by atoms with Gasteiger partial charge in [0.05, 0.1) is 25.5 Å². The van der Waals surface area contributed by atoms with Gasteiger partial charge in [0.15, 0.2) is 0 Å². The summed E-state index contributed by atoms with van der Waals surface area (Å²) in [6, 6.07) is 19.4. The third kappa shape index (κ3) is 6.60. The summed E-state index contributed by atoms with van der Waals surface area (Å²) in [6.07, 6.45) is 0. The van der Waals surface area contributed by atoms with Crippen LogP contribution in [0.3, 0.4) is 0 Å². The highest BCUT2D eigenvalue weighted by molar-refractivity contribution is 6.10. The summed E-state index contributed by atoms with van der Waals surface area (Å²) in [7, 11) is 3.09. The molecule has 0 spiro atoms. The van der Waals surface area contributed by atoms with Crippen LogP contribution < -0.4 is 25.4 Å². The minimum atomic E-state index is -0.806. The van der Waals surface area contributed by atoms with Crippen LogP contribution in [0.15, 0.2) is 72.8 Å². The second kappa shape index (κ2) is 11.7. The molecule has 0 aromatic heterocycles. The van der Waals surface area contributed by atoms with Crippen LogP contribution in [0, 0.1) is 5.92 Å². The maximum atomic E-state index is 13.2. The Bertz CT molecular complexity index is 1190. The van der Waals surface area contributed by atoms with E-state index >= 15 is 0 Å². The maximum Gasteiger partial charge on any atom is 0.255 e. The molecule has 3 N–H and O–H groups in total. The number of para-hydroxylation sites is 1. The van der Waals surface area contributed by atoms with Gasteiger partial charge in [0.1, 0.15) is 17.5 Å². The molecule has 0 saturated carbocycles. The Labute approximate surface area is 204 Å². The molecule has 0 radical (unpaired) electrons. The van der Waals surface area contributed by atoms with E-state index in [-0.39, 0.29) is 23.3 Å². The number of carbonyl (C=O) groups is 3. The molecule has 0 bridgehead atoms. The number of methoxy groups -OCH3 is 2. The van der Waals surface area contributed by atoms with Crippen molar-refractivity contribution in [2.45, 2.75) is 19.9 Å². The van der Waals surface area contributed by atoms with Crippen LogP contribution in [-0.4, -0.2) is 38.0 Å². The van der Waals surface area contributed by atoms with Gasteiger partial charge in [-0.05, 0) is 54.4 Å². The van der Waals surface area contributed by atoms with E-state index in [1.807, 2.05) is 13.8 Å².